The zero-order valence-corrected chi connectivity index (χ0v) is 12.8. The van der Waals surface area contributed by atoms with Crippen molar-refractivity contribution in [1.29, 1.82) is 0 Å². The third kappa shape index (κ3) is 3.49. The molecule has 108 valence electrons. The van der Waals surface area contributed by atoms with Crippen molar-refractivity contribution >= 4 is 29.5 Å². The minimum atomic E-state index is -0.603. The van der Waals surface area contributed by atoms with Gasteiger partial charge in [-0.05, 0) is 12.7 Å². The number of carbonyl (C=O) groups excluding carboxylic acids is 3. The summed E-state index contributed by atoms with van der Waals surface area (Å²) in [4.78, 5) is 38.7. The lowest BCUT2D eigenvalue weighted by molar-refractivity contribution is -0.144. The van der Waals surface area contributed by atoms with Crippen LogP contribution in [-0.2, 0) is 14.4 Å². The number of imide groups is 1. The van der Waals surface area contributed by atoms with Gasteiger partial charge >= 0.3 is 0 Å². The van der Waals surface area contributed by atoms with E-state index < -0.39 is 6.04 Å². The maximum atomic E-state index is 12.4. The van der Waals surface area contributed by atoms with E-state index in [2.05, 4.69) is 0 Å². The van der Waals surface area contributed by atoms with Crippen LogP contribution in [0, 0.1) is 5.92 Å². The average Bonchev–Trinajstić information content (AvgIpc) is 2.63. The third-order valence-corrected chi connectivity index (χ3v) is 4.15. The van der Waals surface area contributed by atoms with Gasteiger partial charge < -0.3 is 4.90 Å². The van der Waals surface area contributed by atoms with Gasteiger partial charge in [0.1, 0.15) is 6.04 Å². The molecule has 0 radical (unpaired) electrons. The smallest absolute Gasteiger partial charge is 0.252 e. The molecule has 0 aromatic rings. The van der Waals surface area contributed by atoms with Crippen molar-refractivity contribution in [3.05, 3.63) is 0 Å². The second kappa shape index (κ2) is 6.93. The highest BCUT2D eigenvalue weighted by molar-refractivity contribution is 7.98. The largest absolute Gasteiger partial charge is 0.330 e. The lowest BCUT2D eigenvalue weighted by Crippen LogP contribution is -2.47. The Morgan fingerprint density at radius 3 is 2.58 bits per heavy atom. The molecule has 0 N–H and O–H groups in total. The minimum Gasteiger partial charge on any atom is -0.330 e. The summed E-state index contributed by atoms with van der Waals surface area (Å²) in [5.74, 6) is 0.0987. The minimum absolute atomic E-state index is 0.0300. The van der Waals surface area contributed by atoms with Gasteiger partial charge in [-0.25, -0.2) is 0 Å². The van der Waals surface area contributed by atoms with E-state index in [9.17, 15) is 14.4 Å². The lowest BCUT2D eigenvalue weighted by Gasteiger charge is -2.29. The van der Waals surface area contributed by atoms with Gasteiger partial charge in [0, 0.05) is 25.3 Å². The van der Waals surface area contributed by atoms with Crippen molar-refractivity contribution in [2.45, 2.75) is 32.7 Å². The molecule has 0 aliphatic carbocycles. The molecule has 0 unspecified atom stereocenters. The number of likely N-dealkylation sites (tertiary alicyclic amines) is 1. The number of carbonyl (C=O) groups is 3. The first-order chi connectivity index (χ1) is 8.93. The first kappa shape index (κ1) is 16.0. The van der Waals surface area contributed by atoms with Crippen LogP contribution in [0.5, 0.6) is 0 Å². The van der Waals surface area contributed by atoms with E-state index in [4.69, 9.17) is 0 Å². The quantitative estimate of drug-likeness (QED) is 0.683. The van der Waals surface area contributed by atoms with E-state index >= 15 is 0 Å². The molecule has 1 fully saturated rings. The van der Waals surface area contributed by atoms with E-state index in [-0.39, 0.29) is 30.1 Å². The fourth-order valence-corrected chi connectivity index (χ4v) is 2.89. The van der Waals surface area contributed by atoms with Crippen molar-refractivity contribution in [1.82, 2.24) is 9.80 Å². The number of thioether (sulfide) groups is 1. The van der Waals surface area contributed by atoms with Crippen LogP contribution in [0.4, 0.5) is 0 Å². The summed E-state index contributed by atoms with van der Waals surface area (Å²) >= 11 is 1.61. The third-order valence-electron chi connectivity index (χ3n) is 3.32. The van der Waals surface area contributed by atoms with Crippen LogP contribution < -0.4 is 0 Å². The van der Waals surface area contributed by atoms with Crippen LogP contribution >= 0.6 is 11.8 Å². The summed E-state index contributed by atoms with van der Waals surface area (Å²) in [6.07, 6.45) is 2.85. The van der Waals surface area contributed by atoms with Gasteiger partial charge in [-0.3, -0.25) is 19.3 Å². The van der Waals surface area contributed by atoms with Gasteiger partial charge in [0.15, 0.2) is 0 Å². The molecule has 6 heteroatoms. The van der Waals surface area contributed by atoms with E-state index in [1.807, 2.05) is 20.1 Å². The highest BCUT2D eigenvalue weighted by atomic mass is 32.2. The highest BCUT2D eigenvalue weighted by Crippen LogP contribution is 2.20. The molecule has 0 spiro atoms. The first-order valence-electron chi connectivity index (χ1n) is 6.53. The van der Waals surface area contributed by atoms with E-state index in [1.54, 1.807) is 16.7 Å². The number of rotatable bonds is 6. The first-order valence-corrected chi connectivity index (χ1v) is 7.93. The van der Waals surface area contributed by atoms with Gasteiger partial charge in [-0.15, -0.1) is 0 Å². The molecular formula is C13H22N2O3S. The lowest BCUT2D eigenvalue weighted by atomic mass is 10.1. The van der Waals surface area contributed by atoms with Crippen LogP contribution in [0.2, 0.25) is 0 Å². The molecule has 1 heterocycles. The van der Waals surface area contributed by atoms with Crippen LogP contribution in [0.15, 0.2) is 0 Å². The number of hydrogen-bond acceptors (Lipinski definition) is 4. The fraction of sp³-hybridized carbons (Fsp3) is 0.769. The number of nitrogens with zero attached hydrogens (tertiary/aromatic N) is 2. The Hall–Kier alpha value is -1.04. The van der Waals surface area contributed by atoms with Crippen LogP contribution in [0.1, 0.15) is 26.7 Å². The van der Waals surface area contributed by atoms with Crippen molar-refractivity contribution in [2.75, 3.05) is 25.6 Å². The fourth-order valence-electron chi connectivity index (χ4n) is 2.24. The zero-order chi connectivity index (χ0) is 14.6. The summed E-state index contributed by atoms with van der Waals surface area (Å²) < 4.78 is 0. The van der Waals surface area contributed by atoms with Crippen LogP contribution in [0.25, 0.3) is 0 Å². The molecule has 0 aromatic heterocycles. The molecule has 0 bridgehead atoms. The predicted octanol–water partition coefficient (Wildman–Crippen LogP) is 0.981. The number of amides is 3. The highest BCUT2D eigenvalue weighted by Gasteiger charge is 2.42. The molecule has 5 nitrogen and oxygen atoms in total. The summed E-state index contributed by atoms with van der Waals surface area (Å²) in [6, 6.07) is -0.603. The Labute approximate surface area is 118 Å². The zero-order valence-electron chi connectivity index (χ0n) is 12.0. The second-order valence-electron chi connectivity index (χ2n) is 4.90. The Morgan fingerprint density at radius 2 is 2.16 bits per heavy atom. The molecule has 1 aliphatic rings. The summed E-state index contributed by atoms with van der Waals surface area (Å²) in [5.41, 5.74) is 0. The second-order valence-corrected chi connectivity index (χ2v) is 5.81. The van der Waals surface area contributed by atoms with Crippen LogP contribution in [-0.4, -0.2) is 59.2 Å². The summed E-state index contributed by atoms with van der Waals surface area (Å²) in [6.45, 7) is 4.35. The normalized spacial score (nSPS) is 20.8. The predicted molar refractivity (Wildman–Crippen MR) is 75.7 cm³/mol. The monoisotopic (exact) mass is 286 g/mol. The molecule has 0 saturated carbocycles. The Kier molecular flexibility index (Phi) is 5.85. The molecule has 1 rings (SSSR count). The number of hydrogen-bond donors (Lipinski definition) is 0. The molecule has 2 atom stereocenters. The summed E-state index contributed by atoms with van der Waals surface area (Å²) in [7, 11) is 1.48. The molecular weight excluding hydrogens is 264 g/mol. The van der Waals surface area contributed by atoms with Gasteiger partial charge in [-0.2, -0.15) is 11.8 Å². The Bertz CT molecular complexity index is 373. The Morgan fingerprint density at radius 1 is 1.53 bits per heavy atom. The van der Waals surface area contributed by atoms with Gasteiger partial charge in [-0.1, -0.05) is 13.8 Å². The van der Waals surface area contributed by atoms with Gasteiger partial charge in [0.25, 0.3) is 5.91 Å². The van der Waals surface area contributed by atoms with Crippen molar-refractivity contribution in [2.24, 2.45) is 5.92 Å². The van der Waals surface area contributed by atoms with Crippen molar-refractivity contribution in [3.63, 3.8) is 0 Å². The van der Waals surface area contributed by atoms with E-state index in [0.717, 1.165) is 17.1 Å². The SMILES string of the molecule is CCCN(C(=O)[C@H](C)CSC)[C@@H]1CC(=O)N(C)C1=O. The maximum absolute atomic E-state index is 12.4. The molecule has 1 saturated heterocycles. The topological polar surface area (TPSA) is 57.7 Å². The van der Waals surface area contributed by atoms with Gasteiger partial charge in [0.2, 0.25) is 11.8 Å². The van der Waals surface area contributed by atoms with Gasteiger partial charge in [0.05, 0.1) is 6.42 Å². The molecule has 0 aromatic carbocycles. The average molecular weight is 286 g/mol. The van der Waals surface area contributed by atoms with Crippen molar-refractivity contribution < 1.29 is 14.4 Å². The summed E-state index contributed by atoms with van der Waals surface area (Å²) in [5, 5.41) is 0. The number of likely N-dealkylation sites (N-methyl/N-ethyl adjacent to an activating group) is 1. The molecule has 3 amide bonds. The standard InChI is InChI=1S/C13H22N2O3S/c1-5-6-15(12(17)9(2)8-19-4)10-7-11(16)14(3)13(10)18/h9-10H,5-8H2,1-4H3/t9-,10-/m1/s1. The molecule has 19 heavy (non-hydrogen) atoms. The molecule has 1 aliphatic heterocycles. The van der Waals surface area contributed by atoms with Crippen LogP contribution in [0.3, 0.4) is 0 Å². The maximum Gasteiger partial charge on any atom is 0.252 e. The van der Waals surface area contributed by atoms with Crippen molar-refractivity contribution in [3.8, 4) is 0 Å². The van der Waals surface area contributed by atoms with E-state index in [0.29, 0.717) is 6.54 Å². The van der Waals surface area contributed by atoms with E-state index in [1.165, 1.54) is 7.05 Å². The Balaban J connectivity index is 2.86.